The summed E-state index contributed by atoms with van der Waals surface area (Å²) >= 11 is 0. The molecule has 0 N–H and O–H groups in total. The van der Waals surface area contributed by atoms with Gasteiger partial charge in [-0.1, -0.05) is 48.0 Å². The first-order chi connectivity index (χ1) is 11.9. The van der Waals surface area contributed by atoms with Gasteiger partial charge >= 0.3 is 0 Å². The number of hydrogen-bond donors (Lipinski definition) is 0. The van der Waals surface area contributed by atoms with Crippen LogP contribution >= 0.6 is 17.0 Å². The summed E-state index contributed by atoms with van der Waals surface area (Å²) in [5.74, 6) is 1.33. The van der Waals surface area contributed by atoms with Gasteiger partial charge in [-0.3, -0.25) is 4.90 Å². The zero-order valence-electron chi connectivity index (χ0n) is 17.0. The molecular weight excluding hydrogens is 386 g/mol. The topological polar surface area (TPSA) is 12.5 Å². The SMILES string of the molecule is Br.COc1ccc(C)cc1[C@H](CCN(C(C)C)C(C)C)c1ccccc1. The highest BCUT2D eigenvalue weighted by Gasteiger charge is 2.21. The van der Waals surface area contributed by atoms with Crippen molar-refractivity contribution in [3.8, 4) is 5.75 Å². The van der Waals surface area contributed by atoms with Crippen LogP contribution in [0.1, 0.15) is 56.7 Å². The Morgan fingerprint density at radius 1 is 0.923 bits per heavy atom. The minimum absolute atomic E-state index is 0. The van der Waals surface area contributed by atoms with E-state index >= 15 is 0 Å². The fourth-order valence-corrected chi connectivity index (χ4v) is 3.70. The van der Waals surface area contributed by atoms with E-state index in [9.17, 15) is 0 Å². The normalized spacial score (nSPS) is 12.3. The van der Waals surface area contributed by atoms with Gasteiger partial charge in [0.2, 0.25) is 0 Å². The van der Waals surface area contributed by atoms with E-state index in [2.05, 4.69) is 88.0 Å². The van der Waals surface area contributed by atoms with Crippen LogP contribution in [0.2, 0.25) is 0 Å². The van der Waals surface area contributed by atoms with Crippen LogP contribution < -0.4 is 4.74 Å². The summed E-state index contributed by atoms with van der Waals surface area (Å²) in [7, 11) is 1.77. The van der Waals surface area contributed by atoms with Gasteiger partial charge in [-0.05, 0) is 59.2 Å². The number of methoxy groups -OCH3 is 1. The van der Waals surface area contributed by atoms with E-state index in [-0.39, 0.29) is 17.0 Å². The number of rotatable bonds is 8. The van der Waals surface area contributed by atoms with Crippen LogP contribution in [-0.2, 0) is 0 Å². The smallest absolute Gasteiger partial charge is 0.122 e. The lowest BCUT2D eigenvalue weighted by Crippen LogP contribution is -2.38. The van der Waals surface area contributed by atoms with Gasteiger partial charge in [0, 0.05) is 23.6 Å². The lowest BCUT2D eigenvalue weighted by molar-refractivity contribution is 0.170. The van der Waals surface area contributed by atoms with Crippen molar-refractivity contribution in [2.75, 3.05) is 13.7 Å². The fraction of sp³-hybridized carbons (Fsp3) is 0.478. The molecule has 0 aliphatic carbocycles. The van der Waals surface area contributed by atoms with Gasteiger partial charge in [-0.25, -0.2) is 0 Å². The lowest BCUT2D eigenvalue weighted by Gasteiger charge is -2.32. The third-order valence-electron chi connectivity index (χ3n) is 4.97. The summed E-state index contributed by atoms with van der Waals surface area (Å²) in [6.07, 6.45) is 1.08. The lowest BCUT2D eigenvalue weighted by atomic mass is 9.86. The van der Waals surface area contributed by atoms with Crippen LogP contribution in [0.25, 0.3) is 0 Å². The van der Waals surface area contributed by atoms with E-state index in [1.165, 1.54) is 16.7 Å². The Bertz CT molecular complexity index is 647. The number of halogens is 1. The van der Waals surface area contributed by atoms with E-state index in [1.54, 1.807) is 7.11 Å². The first-order valence-electron chi connectivity index (χ1n) is 9.39. The minimum Gasteiger partial charge on any atom is -0.496 e. The summed E-state index contributed by atoms with van der Waals surface area (Å²) in [5, 5.41) is 0. The van der Waals surface area contributed by atoms with Crippen LogP contribution in [0.3, 0.4) is 0 Å². The van der Waals surface area contributed by atoms with Crippen molar-refractivity contribution < 1.29 is 4.74 Å². The Morgan fingerprint density at radius 2 is 1.54 bits per heavy atom. The van der Waals surface area contributed by atoms with Crippen LogP contribution in [0.4, 0.5) is 0 Å². The van der Waals surface area contributed by atoms with Crippen LogP contribution in [0.15, 0.2) is 48.5 Å². The molecule has 2 aromatic carbocycles. The molecule has 2 nitrogen and oxygen atoms in total. The maximum absolute atomic E-state index is 5.69. The van der Waals surface area contributed by atoms with Crippen molar-refractivity contribution in [3.05, 3.63) is 65.2 Å². The molecule has 0 saturated heterocycles. The zero-order valence-corrected chi connectivity index (χ0v) is 18.7. The van der Waals surface area contributed by atoms with Crippen molar-refractivity contribution in [3.63, 3.8) is 0 Å². The zero-order chi connectivity index (χ0) is 18.4. The molecule has 0 radical (unpaired) electrons. The second-order valence-corrected chi connectivity index (χ2v) is 7.42. The van der Waals surface area contributed by atoms with Gasteiger partial charge < -0.3 is 4.74 Å². The molecule has 1 atom stereocenters. The summed E-state index contributed by atoms with van der Waals surface area (Å²) in [4.78, 5) is 2.57. The number of aryl methyl sites for hydroxylation is 1. The molecule has 0 aliphatic rings. The molecule has 0 aliphatic heterocycles. The molecule has 2 aromatic rings. The molecule has 26 heavy (non-hydrogen) atoms. The van der Waals surface area contributed by atoms with Gasteiger partial charge in [0.05, 0.1) is 7.11 Å². The highest BCUT2D eigenvalue weighted by Crippen LogP contribution is 2.35. The second kappa shape index (κ2) is 10.7. The molecule has 0 bridgehead atoms. The predicted octanol–water partition coefficient (Wildman–Crippen LogP) is 6.22. The van der Waals surface area contributed by atoms with Crippen molar-refractivity contribution in [1.29, 1.82) is 0 Å². The molecule has 144 valence electrons. The highest BCUT2D eigenvalue weighted by molar-refractivity contribution is 8.93. The van der Waals surface area contributed by atoms with Gasteiger partial charge in [0.25, 0.3) is 0 Å². The molecule has 3 heteroatoms. The standard InChI is InChI=1S/C23H33NO.BrH/c1-17(2)24(18(3)4)15-14-21(20-10-8-7-9-11-20)22-16-19(5)12-13-23(22)25-6;/h7-13,16-18,21H,14-15H2,1-6H3;1H/t21-;/m1./s1. The molecule has 0 unspecified atom stereocenters. The molecule has 2 rings (SSSR count). The van der Waals surface area contributed by atoms with Crippen LogP contribution in [0, 0.1) is 6.92 Å². The third kappa shape index (κ3) is 5.85. The van der Waals surface area contributed by atoms with E-state index < -0.39 is 0 Å². The van der Waals surface area contributed by atoms with E-state index in [4.69, 9.17) is 4.74 Å². The Balaban J connectivity index is 0.00000338. The number of ether oxygens (including phenoxy) is 1. The molecule has 0 fully saturated rings. The molecule has 0 heterocycles. The predicted molar refractivity (Wildman–Crippen MR) is 118 cm³/mol. The van der Waals surface area contributed by atoms with Gasteiger partial charge in [-0.2, -0.15) is 0 Å². The fourth-order valence-electron chi connectivity index (χ4n) is 3.70. The van der Waals surface area contributed by atoms with Gasteiger partial charge in [0.1, 0.15) is 5.75 Å². The average Bonchev–Trinajstić information content (AvgIpc) is 2.59. The van der Waals surface area contributed by atoms with Gasteiger partial charge in [0.15, 0.2) is 0 Å². The molecule has 0 amide bonds. The maximum Gasteiger partial charge on any atom is 0.122 e. The monoisotopic (exact) mass is 419 g/mol. The number of benzene rings is 2. The first-order valence-corrected chi connectivity index (χ1v) is 9.39. The van der Waals surface area contributed by atoms with Crippen LogP contribution in [-0.4, -0.2) is 30.6 Å². The van der Waals surface area contributed by atoms with Crippen molar-refractivity contribution in [1.82, 2.24) is 4.90 Å². The number of nitrogens with zero attached hydrogens (tertiary/aromatic N) is 1. The Hall–Kier alpha value is -1.32. The van der Waals surface area contributed by atoms with Crippen molar-refractivity contribution >= 4 is 17.0 Å². The summed E-state index contributed by atoms with van der Waals surface area (Å²) < 4.78 is 5.69. The molecule has 0 aromatic heterocycles. The Morgan fingerprint density at radius 3 is 2.08 bits per heavy atom. The van der Waals surface area contributed by atoms with E-state index in [0.29, 0.717) is 18.0 Å². The summed E-state index contributed by atoms with van der Waals surface area (Å²) in [5.41, 5.74) is 3.93. The minimum atomic E-state index is 0. The first kappa shape index (κ1) is 22.7. The quantitative estimate of drug-likeness (QED) is 0.503. The van der Waals surface area contributed by atoms with Gasteiger partial charge in [-0.15, -0.1) is 17.0 Å². The largest absolute Gasteiger partial charge is 0.496 e. The summed E-state index contributed by atoms with van der Waals surface area (Å²) in [6, 6.07) is 18.4. The molecule has 0 saturated carbocycles. The molecule has 0 spiro atoms. The van der Waals surface area contributed by atoms with Crippen molar-refractivity contribution in [2.45, 2.75) is 59.0 Å². The highest BCUT2D eigenvalue weighted by atomic mass is 79.9. The van der Waals surface area contributed by atoms with E-state index in [1.807, 2.05) is 0 Å². The Kier molecular flexibility index (Phi) is 9.38. The molecular formula is C23H34BrNO. The van der Waals surface area contributed by atoms with Crippen molar-refractivity contribution in [2.24, 2.45) is 0 Å². The maximum atomic E-state index is 5.69. The second-order valence-electron chi connectivity index (χ2n) is 7.42. The van der Waals surface area contributed by atoms with E-state index in [0.717, 1.165) is 18.7 Å². The number of hydrogen-bond acceptors (Lipinski definition) is 2. The average molecular weight is 420 g/mol. The summed E-state index contributed by atoms with van der Waals surface area (Å²) in [6.45, 7) is 12.4. The van der Waals surface area contributed by atoms with Crippen LogP contribution in [0.5, 0.6) is 5.75 Å². The Labute approximate surface area is 170 Å². The third-order valence-corrected chi connectivity index (χ3v) is 4.97.